The zero-order valence-corrected chi connectivity index (χ0v) is 10.6. The van der Waals surface area contributed by atoms with Crippen molar-refractivity contribution in [1.29, 1.82) is 0 Å². The van der Waals surface area contributed by atoms with Crippen LogP contribution in [0.3, 0.4) is 0 Å². The number of carbonyl (C=O) groups excluding carboxylic acids is 1. The Morgan fingerprint density at radius 1 is 1.50 bits per heavy atom. The SMILES string of the molecule is CCOC(=O)c1ccc(N)c(SC(C)C)c1. The summed E-state index contributed by atoms with van der Waals surface area (Å²) in [6, 6.07) is 5.23. The fourth-order valence-electron chi connectivity index (χ4n) is 1.23. The van der Waals surface area contributed by atoms with Crippen LogP contribution in [0.15, 0.2) is 23.1 Å². The van der Waals surface area contributed by atoms with Crippen molar-refractivity contribution in [2.24, 2.45) is 0 Å². The molecule has 0 aromatic heterocycles. The molecule has 0 heterocycles. The van der Waals surface area contributed by atoms with Gasteiger partial charge in [-0.1, -0.05) is 13.8 Å². The van der Waals surface area contributed by atoms with Gasteiger partial charge in [-0.05, 0) is 25.1 Å². The Labute approximate surface area is 100 Å². The lowest BCUT2D eigenvalue weighted by Gasteiger charge is -2.09. The van der Waals surface area contributed by atoms with Gasteiger partial charge in [0.15, 0.2) is 0 Å². The van der Waals surface area contributed by atoms with E-state index in [0.29, 0.717) is 23.1 Å². The van der Waals surface area contributed by atoms with E-state index in [4.69, 9.17) is 10.5 Å². The molecule has 0 fully saturated rings. The number of thioether (sulfide) groups is 1. The molecule has 3 nitrogen and oxygen atoms in total. The van der Waals surface area contributed by atoms with E-state index < -0.39 is 0 Å². The summed E-state index contributed by atoms with van der Waals surface area (Å²) < 4.78 is 4.94. The van der Waals surface area contributed by atoms with Crippen LogP contribution < -0.4 is 5.73 Å². The number of ether oxygens (including phenoxy) is 1. The summed E-state index contributed by atoms with van der Waals surface area (Å²) in [6.45, 7) is 6.34. The van der Waals surface area contributed by atoms with E-state index in [1.807, 2.05) is 0 Å². The molecule has 0 aliphatic rings. The second kappa shape index (κ2) is 5.80. The van der Waals surface area contributed by atoms with Gasteiger partial charge in [0.1, 0.15) is 0 Å². The molecule has 2 N–H and O–H groups in total. The summed E-state index contributed by atoms with van der Waals surface area (Å²) in [5.74, 6) is -0.298. The number of benzene rings is 1. The molecule has 0 amide bonds. The minimum absolute atomic E-state index is 0.298. The molecule has 88 valence electrons. The van der Waals surface area contributed by atoms with E-state index in [9.17, 15) is 4.79 Å². The number of anilines is 1. The van der Waals surface area contributed by atoms with Gasteiger partial charge in [-0.15, -0.1) is 11.8 Å². The van der Waals surface area contributed by atoms with Gasteiger partial charge >= 0.3 is 5.97 Å². The number of nitrogens with two attached hydrogens (primary N) is 1. The highest BCUT2D eigenvalue weighted by atomic mass is 32.2. The zero-order valence-electron chi connectivity index (χ0n) is 9.82. The largest absolute Gasteiger partial charge is 0.462 e. The highest BCUT2D eigenvalue weighted by molar-refractivity contribution is 8.00. The van der Waals surface area contributed by atoms with Crippen LogP contribution in [0.5, 0.6) is 0 Å². The number of rotatable bonds is 4. The van der Waals surface area contributed by atoms with E-state index in [0.717, 1.165) is 4.90 Å². The van der Waals surface area contributed by atoms with Gasteiger partial charge in [0, 0.05) is 15.8 Å². The predicted molar refractivity (Wildman–Crippen MR) is 67.8 cm³/mol. The highest BCUT2D eigenvalue weighted by Crippen LogP contribution is 2.29. The van der Waals surface area contributed by atoms with Crippen molar-refractivity contribution < 1.29 is 9.53 Å². The Morgan fingerprint density at radius 2 is 2.19 bits per heavy atom. The van der Waals surface area contributed by atoms with Crippen LogP contribution in [0.25, 0.3) is 0 Å². The Kier molecular flexibility index (Phi) is 4.68. The number of esters is 1. The third-order valence-corrected chi connectivity index (χ3v) is 2.97. The molecule has 0 aliphatic heterocycles. The quantitative estimate of drug-likeness (QED) is 0.498. The molecule has 4 heteroatoms. The summed E-state index contributed by atoms with van der Waals surface area (Å²) in [7, 11) is 0. The van der Waals surface area contributed by atoms with E-state index >= 15 is 0 Å². The topological polar surface area (TPSA) is 52.3 Å². The van der Waals surface area contributed by atoms with Crippen molar-refractivity contribution in [2.45, 2.75) is 30.9 Å². The van der Waals surface area contributed by atoms with Crippen LogP contribution in [0.4, 0.5) is 5.69 Å². The number of hydrogen-bond acceptors (Lipinski definition) is 4. The third kappa shape index (κ3) is 3.45. The minimum Gasteiger partial charge on any atom is -0.462 e. The maximum Gasteiger partial charge on any atom is 0.338 e. The van der Waals surface area contributed by atoms with Gasteiger partial charge in [0.25, 0.3) is 0 Å². The lowest BCUT2D eigenvalue weighted by atomic mass is 10.2. The molecule has 1 rings (SSSR count). The second-order valence-electron chi connectivity index (χ2n) is 3.64. The number of hydrogen-bond donors (Lipinski definition) is 1. The zero-order chi connectivity index (χ0) is 12.1. The molecule has 0 spiro atoms. The molecule has 0 bridgehead atoms. The lowest BCUT2D eigenvalue weighted by molar-refractivity contribution is 0.0526. The lowest BCUT2D eigenvalue weighted by Crippen LogP contribution is -2.05. The van der Waals surface area contributed by atoms with Crippen molar-refractivity contribution in [2.75, 3.05) is 12.3 Å². The van der Waals surface area contributed by atoms with Gasteiger partial charge in [-0.25, -0.2) is 4.79 Å². The standard InChI is InChI=1S/C12H17NO2S/c1-4-15-12(14)9-5-6-10(13)11(7-9)16-8(2)3/h5-8H,4,13H2,1-3H3. The van der Waals surface area contributed by atoms with E-state index in [1.54, 1.807) is 36.9 Å². The molecule has 1 aromatic rings. The van der Waals surface area contributed by atoms with Crippen molar-refractivity contribution in [3.63, 3.8) is 0 Å². The van der Waals surface area contributed by atoms with Gasteiger partial charge in [-0.2, -0.15) is 0 Å². The minimum atomic E-state index is -0.298. The molecule has 0 aliphatic carbocycles. The molecular weight excluding hydrogens is 222 g/mol. The average molecular weight is 239 g/mol. The second-order valence-corrected chi connectivity index (χ2v) is 5.26. The fourth-order valence-corrected chi connectivity index (χ4v) is 2.14. The van der Waals surface area contributed by atoms with Gasteiger partial charge in [-0.3, -0.25) is 0 Å². The molecule has 0 saturated carbocycles. The predicted octanol–water partition coefficient (Wildman–Crippen LogP) is 2.95. The molecule has 16 heavy (non-hydrogen) atoms. The van der Waals surface area contributed by atoms with Gasteiger partial charge < -0.3 is 10.5 Å². The maximum atomic E-state index is 11.5. The van der Waals surface area contributed by atoms with Crippen LogP contribution in [0.2, 0.25) is 0 Å². The summed E-state index contributed by atoms with van der Waals surface area (Å²) in [6.07, 6.45) is 0. The van der Waals surface area contributed by atoms with Crippen LogP contribution >= 0.6 is 11.8 Å². The molecule has 1 aromatic carbocycles. The van der Waals surface area contributed by atoms with Crippen LogP contribution in [-0.4, -0.2) is 17.8 Å². The Bertz CT molecular complexity index is 377. The van der Waals surface area contributed by atoms with E-state index in [1.165, 1.54) is 0 Å². The van der Waals surface area contributed by atoms with Crippen molar-refractivity contribution >= 4 is 23.4 Å². The Balaban J connectivity index is 2.93. The first-order valence-electron chi connectivity index (χ1n) is 5.28. The van der Waals surface area contributed by atoms with Crippen molar-refractivity contribution in [1.82, 2.24) is 0 Å². The molecule has 0 saturated heterocycles. The normalized spacial score (nSPS) is 10.5. The van der Waals surface area contributed by atoms with Crippen LogP contribution in [0, 0.1) is 0 Å². The van der Waals surface area contributed by atoms with E-state index in [-0.39, 0.29) is 5.97 Å². The van der Waals surface area contributed by atoms with Gasteiger partial charge in [0.05, 0.1) is 12.2 Å². The first-order valence-corrected chi connectivity index (χ1v) is 6.15. The monoisotopic (exact) mass is 239 g/mol. The van der Waals surface area contributed by atoms with Crippen molar-refractivity contribution in [3.8, 4) is 0 Å². The van der Waals surface area contributed by atoms with Gasteiger partial charge in [0.2, 0.25) is 0 Å². The first-order chi connectivity index (χ1) is 7.54. The smallest absolute Gasteiger partial charge is 0.338 e. The summed E-state index contributed by atoms with van der Waals surface area (Å²) in [4.78, 5) is 12.5. The Morgan fingerprint density at radius 3 is 2.75 bits per heavy atom. The van der Waals surface area contributed by atoms with E-state index in [2.05, 4.69) is 13.8 Å². The molecule has 0 atom stereocenters. The summed E-state index contributed by atoms with van der Waals surface area (Å²) >= 11 is 1.64. The summed E-state index contributed by atoms with van der Waals surface area (Å²) in [5, 5.41) is 0.430. The third-order valence-electron chi connectivity index (χ3n) is 1.89. The average Bonchev–Trinajstić information content (AvgIpc) is 2.21. The van der Waals surface area contributed by atoms with Crippen LogP contribution in [0.1, 0.15) is 31.1 Å². The molecule has 0 unspecified atom stereocenters. The first kappa shape index (κ1) is 12.9. The maximum absolute atomic E-state index is 11.5. The van der Waals surface area contributed by atoms with Crippen molar-refractivity contribution in [3.05, 3.63) is 23.8 Å². The molecule has 0 radical (unpaired) electrons. The number of nitrogen functional groups attached to an aromatic ring is 1. The molecular formula is C12H17NO2S. The summed E-state index contributed by atoms with van der Waals surface area (Å²) in [5.41, 5.74) is 7.09. The Hall–Kier alpha value is -1.16. The number of carbonyl (C=O) groups is 1. The highest BCUT2D eigenvalue weighted by Gasteiger charge is 2.10. The fraction of sp³-hybridized carbons (Fsp3) is 0.417. The van der Waals surface area contributed by atoms with Crippen LogP contribution in [-0.2, 0) is 4.74 Å².